The lowest BCUT2D eigenvalue weighted by Crippen LogP contribution is -2.25. The molecule has 0 fully saturated rings. The second-order valence-electron chi connectivity index (χ2n) is 3.59. The third kappa shape index (κ3) is 4.60. The normalized spacial score (nSPS) is 9.61. The Bertz CT molecular complexity index is 456. The summed E-state index contributed by atoms with van der Waals surface area (Å²) in [7, 11) is 0. The first-order valence-corrected chi connectivity index (χ1v) is 5.28. The molecule has 96 valence electrons. The SMILES string of the molecule is CC(=O)NCCC(=O)Nc1ccc([N+](=O)[O-])cc1. The van der Waals surface area contributed by atoms with Crippen molar-refractivity contribution in [1.29, 1.82) is 0 Å². The Hall–Kier alpha value is -2.44. The Labute approximate surface area is 103 Å². The number of non-ortho nitro benzene ring substituents is 1. The third-order valence-electron chi connectivity index (χ3n) is 2.09. The van der Waals surface area contributed by atoms with Crippen molar-refractivity contribution in [2.45, 2.75) is 13.3 Å². The number of rotatable bonds is 5. The number of carbonyl (C=O) groups excluding carboxylic acids is 2. The topological polar surface area (TPSA) is 101 Å². The molecule has 0 atom stereocenters. The molecule has 0 saturated carbocycles. The summed E-state index contributed by atoms with van der Waals surface area (Å²) < 4.78 is 0. The number of amides is 2. The molecular weight excluding hydrogens is 238 g/mol. The minimum absolute atomic E-state index is 0.0359. The largest absolute Gasteiger partial charge is 0.356 e. The Morgan fingerprint density at radius 3 is 2.39 bits per heavy atom. The van der Waals surface area contributed by atoms with Gasteiger partial charge in [0.2, 0.25) is 11.8 Å². The Morgan fingerprint density at radius 2 is 1.89 bits per heavy atom. The van der Waals surface area contributed by atoms with Gasteiger partial charge in [-0.15, -0.1) is 0 Å². The minimum atomic E-state index is -0.512. The van der Waals surface area contributed by atoms with Crippen LogP contribution in [0.4, 0.5) is 11.4 Å². The maximum Gasteiger partial charge on any atom is 0.269 e. The number of nitrogens with one attached hydrogen (secondary N) is 2. The van der Waals surface area contributed by atoms with Crippen molar-refractivity contribution in [2.24, 2.45) is 0 Å². The van der Waals surface area contributed by atoms with Gasteiger partial charge in [-0.25, -0.2) is 0 Å². The molecule has 7 heteroatoms. The first-order chi connectivity index (χ1) is 8.49. The van der Waals surface area contributed by atoms with Gasteiger partial charge in [-0.05, 0) is 12.1 Å². The van der Waals surface area contributed by atoms with Gasteiger partial charge >= 0.3 is 0 Å². The highest BCUT2D eigenvalue weighted by Gasteiger charge is 2.06. The van der Waals surface area contributed by atoms with Crippen LogP contribution in [0.3, 0.4) is 0 Å². The maximum absolute atomic E-state index is 11.4. The molecule has 0 aromatic heterocycles. The fraction of sp³-hybridized carbons (Fsp3) is 0.273. The van der Waals surface area contributed by atoms with Gasteiger partial charge in [-0.3, -0.25) is 19.7 Å². The van der Waals surface area contributed by atoms with Crippen LogP contribution in [0.25, 0.3) is 0 Å². The monoisotopic (exact) mass is 251 g/mol. The smallest absolute Gasteiger partial charge is 0.269 e. The third-order valence-corrected chi connectivity index (χ3v) is 2.09. The van der Waals surface area contributed by atoms with Gasteiger partial charge in [-0.1, -0.05) is 0 Å². The van der Waals surface area contributed by atoms with Crippen LogP contribution in [0.2, 0.25) is 0 Å². The molecule has 1 rings (SSSR count). The Kier molecular flexibility index (Phi) is 4.79. The van der Waals surface area contributed by atoms with Crippen LogP contribution in [0.15, 0.2) is 24.3 Å². The molecule has 0 aliphatic heterocycles. The van der Waals surface area contributed by atoms with Crippen LogP contribution in [-0.4, -0.2) is 23.3 Å². The number of nitrogens with zero attached hydrogens (tertiary/aromatic N) is 1. The molecule has 1 aromatic carbocycles. The van der Waals surface area contributed by atoms with Crippen LogP contribution in [0.5, 0.6) is 0 Å². The molecule has 0 radical (unpaired) electrons. The summed E-state index contributed by atoms with van der Waals surface area (Å²) in [5, 5.41) is 15.5. The highest BCUT2D eigenvalue weighted by molar-refractivity contribution is 5.91. The molecule has 0 saturated heterocycles. The average molecular weight is 251 g/mol. The molecule has 0 unspecified atom stereocenters. The number of benzene rings is 1. The lowest BCUT2D eigenvalue weighted by molar-refractivity contribution is -0.384. The van der Waals surface area contributed by atoms with Crippen LogP contribution >= 0.6 is 0 Å². The molecule has 0 aliphatic rings. The Balaban J connectivity index is 2.44. The van der Waals surface area contributed by atoms with Crippen molar-refractivity contribution in [3.8, 4) is 0 Å². The predicted molar refractivity (Wildman–Crippen MR) is 65.0 cm³/mol. The van der Waals surface area contributed by atoms with Gasteiger partial charge in [0.1, 0.15) is 0 Å². The fourth-order valence-electron chi connectivity index (χ4n) is 1.24. The molecule has 2 N–H and O–H groups in total. The maximum atomic E-state index is 11.4. The quantitative estimate of drug-likeness (QED) is 0.603. The van der Waals surface area contributed by atoms with E-state index in [1.165, 1.54) is 31.2 Å². The summed E-state index contributed by atoms with van der Waals surface area (Å²) in [5.41, 5.74) is 0.444. The fourth-order valence-corrected chi connectivity index (χ4v) is 1.24. The van der Waals surface area contributed by atoms with E-state index in [0.29, 0.717) is 5.69 Å². The first-order valence-electron chi connectivity index (χ1n) is 5.28. The van der Waals surface area contributed by atoms with Crippen molar-refractivity contribution in [3.05, 3.63) is 34.4 Å². The summed E-state index contributed by atoms with van der Waals surface area (Å²) >= 11 is 0. The van der Waals surface area contributed by atoms with Crippen LogP contribution in [-0.2, 0) is 9.59 Å². The molecule has 2 amide bonds. The van der Waals surface area contributed by atoms with Gasteiger partial charge in [0, 0.05) is 37.7 Å². The molecule has 0 heterocycles. The van der Waals surface area contributed by atoms with E-state index in [1.807, 2.05) is 0 Å². The second kappa shape index (κ2) is 6.33. The number of hydrogen-bond acceptors (Lipinski definition) is 4. The van der Waals surface area contributed by atoms with E-state index < -0.39 is 4.92 Å². The molecule has 7 nitrogen and oxygen atoms in total. The lowest BCUT2D eigenvalue weighted by atomic mass is 10.2. The summed E-state index contributed by atoms with van der Waals surface area (Å²) in [6.45, 7) is 1.63. The number of carbonyl (C=O) groups is 2. The van der Waals surface area contributed by atoms with Gasteiger partial charge in [0.15, 0.2) is 0 Å². The van der Waals surface area contributed by atoms with Crippen molar-refractivity contribution in [3.63, 3.8) is 0 Å². The first kappa shape index (κ1) is 13.6. The summed E-state index contributed by atoms with van der Waals surface area (Å²) in [6.07, 6.45) is 0.149. The standard InChI is InChI=1S/C11H13N3O4/c1-8(15)12-7-6-11(16)13-9-2-4-10(5-3-9)14(17)18/h2-5H,6-7H2,1H3,(H,12,15)(H,13,16). The average Bonchev–Trinajstić information content (AvgIpc) is 2.29. The lowest BCUT2D eigenvalue weighted by Gasteiger charge is -2.05. The summed E-state index contributed by atoms with van der Waals surface area (Å²) in [4.78, 5) is 31.9. The molecule has 0 spiro atoms. The molecule has 18 heavy (non-hydrogen) atoms. The van der Waals surface area contributed by atoms with Gasteiger partial charge in [0.05, 0.1) is 4.92 Å². The van der Waals surface area contributed by atoms with E-state index in [0.717, 1.165) is 0 Å². The Morgan fingerprint density at radius 1 is 1.28 bits per heavy atom. The zero-order valence-corrected chi connectivity index (χ0v) is 9.80. The van der Waals surface area contributed by atoms with Crippen molar-refractivity contribution >= 4 is 23.2 Å². The van der Waals surface area contributed by atoms with Crippen molar-refractivity contribution < 1.29 is 14.5 Å². The van der Waals surface area contributed by atoms with E-state index in [2.05, 4.69) is 10.6 Å². The number of nitro benzene ring substituents is 1. The van der Waals surface area contributed by atoms with Gasteiger partial charge < -0.3 is 10.6 Å². The van der Waals surface area contributed by atoms with Crippen LogP contribution in [0.1, 0.15) is 13.3 Å². The van der Waals surface area contributed by atoms with Gasteiger partial charge in [0.25, 0.3) is 5.69 Å². The molecule has 0 bridgehead atoms. The van der Waals surface area contributed by atoms with E-state index >= 15 is 0 Å². The number of nitro groups is 1. The minimum Gasteiger partial charge on any atom is -0.356 e. The van der Waals surface area contributed by atoms with E-state index in [9.17, 15) is 19.7 Å². The highest BCUT2D eigenvalue weighted by atomic mass is 16.6. The molecular formula is C11H13N3O4. The van der Waals surface area contributed by atoms with Crippen LogP contribution < -0.4 is 10.6 Å². The second-order valence-corrected chi connectivity index (χ2v) is 3.59. The van der Waals surface area contributed by atoms with Crippen LogP contribution in [0, 0.1) is 10.1 Å². The zero-order chi connectivity index (χ0) is 13.5. The summed E-state index contributed by atoms with van der Waals surface area (Å²) in [5.74, 6) is -0.462. The van der Waals surface area contributed by atoms with E-state index in [-0.39, 0.29) is 30.5 Å². The van der Waals surface area contributed by atoms with Crippen molar-refractivity contribution in [1.82, 2.24) is 5.32 Å². The van der Waals surface area contributed by atoms with E-state index in [4.69, 9.17) is 0 Å². The van der Waals surface area contributed by atoms with Gasteiger partial charge in [-0.2, -0.15) is 0 Å². The van der Waals surface area contributed by atoms with Crippen molar-refractivity contribution in [2.75, 3.05) is 11.9 Å². The zero-order valence-electron chi connectivity index (χ0n) is 9.80. The molecule has 0 aliphatic carbocycles. The van der Waals surface area contributed by atoms with E-state index in [1.54, 1.807) is 0 Å². The predicted octanol–water partition coefficient (Wildman–Crippen LogP) is 1.06. The summed E-state index contributed by atoms with van der Waals surface area (Å²) in [6, 6.07) is 5.52. The number of anilines is 1. The highest BCUT2D eigenvalue weighted by Crippen LogP contribution is 2.15. The molecule has 1 aromatic rings. The number of hydrogen-bond donors (Lipinski definition) is 2.